The quantitative estimate of drug-likeness (QED) is 0.0601. The van der Waals surface area contributed by atoms with E-state index in [0.717, 1.165) is 19.0 Å². The van der Waals surface area contributed by atoms with E-state index >= 15 is 0 Å². The van der Waals surface area contributed by atoms with Crippen LogP contribution in [0, 0.1) is 0 Å². The number of aryl methyl sites for hydroxylation is 1. The van der Waals surface area contributed by atoms with Gasteiger partial charge in [-0.1, -0.05) is 194 Å². The largest absolute Gasteiger partial charge is 1.00 e. The summed E-state index contributed by atoms with van der Waals surface area (Å²) in [5.74, 6) is 0.763. The Kier molecular flexibility index (Phi) is 40.7. The van der Waals surface area contributed by atoms with E-state index < -0.39 is 0 Å². The first-order valence-corrected chi connectivity index (χ1v) is 20.6. The van der Waals surface area contributed by atoms with Crippen LogP contribution in [0.25, 0.3) is 0 Å². The zero-order valence-electron chi connectivity index (χ0n) is 31.3. The van der Waals surface area contributed by atoms with E-state index in [9.17, 15) is 0 Å². The van der Waals surface area contributed by atoms with E-state index in [0.29, 0.717) is 0 Å². The normalized spacial score (nSPS) is 11.1. The van der Waals surface area contributed by atoms with Crippen LogP contribution in [0.5, 0.6) is 0 Å². The molecular formula is C42H82Cl2N2. The highest BCUT2D eigenvalue weighted by Gasteiger charge is 2.13. The van der Waals surface area contributed by atoms with Crippen molar-refractivity contribution >= 4 is 0 Å². The van der Waals surface area contributed by atoms with E-state index in [4.69, 9.17) is 0 Å². The van der Waals surface area contributed by atoms with E-state index in [1.807, 2.05) is 0 Å². The zero-order valence-corrected chi connectivity index (χ0v) is 32.9. The van der Waals surface area contributed by atoms with Crippen molar-refractivity contribution in [2.24, 2.45) is 0 Å². The molecule has 0 aliphatic rings. The van der Waals surface area contributed by atoms with Crippen molar-refractivity contribution in [1.29, 1.82) is 0 Å². The fourth-order valence-electron chi connectivity index (χ4n) is 7.01. The average Bonchev–Trinajstić information content (AvgIpc) is 3.04. The monoisotopic (exact) mass is 685 g/mol. The SMILES string of the molecule is CCCCCCCCCCCCCCCCC(CCCCCCCCCCCCCCCC)c1cc[n+](CCCC[NH3+])cc1.[Cl-].[Cl-]. The number of hydrogen-bond donors (Lipinski definition) is 1. The second-order valence-corrected chi connectivity index (χ2v) is 14.4. The third-order valence-electron chi connectivity index (χ3n) is 10.1. The van der Waals surface area contributed by atoms with Crippen molar-refractivity contribution in [3.05, 3.63) is 30.1 Å². The first-order valence-electron chi connectivity index (χ1n) is 20.6. The highest BCUT2D eigenvalue weighted by molar-refractivity contribution is 5.13. The molecule has 4 heteroatoms. The van der Waals surface area contributed by atoms with Gasteiger partial charge in [0.25, 0.3) is 0 Å². The zero-order chi connectivity index (χ0) is 31.6. The first kappa shape index (κ1) is 47.8. The van der Waals surface area contributed by atoms with Gasteiger partial charge in [-0.15, -0.1) is 0 Å². The number of aromatic nitrogens is 1. The summed E-state index contributed by atoms with van der Waals surface area (Å²) in [5, 5.41) is 0. The third kappa shape index (κ3) is 31.0. The molecule has 0 atom stereocenters. The molecule has 2 nitrogen and oxygen atoms in total. The van der Waals surface area contributed by atoms with Gasteiger partial charge in [-0.25, -0.2) is 4.57 Å². The molecule has 3 N–H and O–H groups in total. The van der Waals surface area contributed by atoms with Gasteiger partial charge in [0.1, 0.15) is 6.54 Å². The van der Waals surface area contributed by atoms with Crippen molar-refractivity contribution in [3.63, 3.8) is 0 Å². The molecule has 0 unspecified atom stereocenters. The lowest BCUT2D eigenvalue weighted by molar-refractivity contribution is -0.697. The third-order valence-corrected chi connectivity index (χ3v) is 10.1. The number of nitrogens with zero attached hydrogens (tertiary/aromatic N) is 1. The van der Waals surface area contributed by atoms with Gasteiger partial charge >= 0.3 is 0 Å². The lowest BCUT2D eigenvalue weighted by atomic mass is 9.88. The van der Waals surface area contributed by atoms with Crippen LogP contribution >= 0.6 is 0 Å². The second kappa shape index (κ2) is 39.1. The Labute approximate surface area is 302 Å². The van der Waals surface area contributed by atoms with Crippen LogP contribution in [0.3, 0.4) is 0 Å². The maximum atomic E-state index is 4.00. The van der Waals surface area contributed by atoms with Crippen molar-refractivity contribution < 1.29 is 35.1 Å². The van der Waals surface area contributed by atoms with Gasteiger partial charge in [-0.2, -0.15) is 0 Å². The van der Waals surface area contributed by atoms with Gasteiger partial charge in [-0.05, 0) is 24.3 Å². The molecule has 1 aromatic rings. The van der Waals surface area contributed by atoms with Crippen molar-refractivity contribution in [3.8, 4) is 0 Å². The predicted octanol–water partition coefficient (Wildman–Crippen LogP) is 6.83. The Morgan fingerprint density at radius 1 is 0.435 bits per heavy atom. The summed E-state index contributed by atoms with van der Waals surface area (Å²) in [5.41, 5.74) is 5.60. The lowest BCUT2D eigenvalue weighted by Crippen LogP contribution is -3.00. The fourth-order valence-corrected chi connectivity index (χ4v) is 7.01. The van der Waals surface area contributed by atoms with Crippen LogP contribution in [0.4, 0.5) is 0 Å². The van der Waals surface area contributed by atoms with Crippen LogP contribution in [-0.4, -0.2) is 6.54 Å². The molecule has 0 amide bonds. The summed E-state index contributed by atoms with van der Waals surface area (Å²) in [6.07, 6.45) is 50.5. The smallest absolute Gasteiger partial charge is 0.169 e. The molecule has 0 saturated heterocycles. The summed E-state index contributed by atoms with van der Waals surface area (Å²) < 4.78 is 2.38. The summed E-state index contributed by atoms with van der Waals surface area (Å²) >= 11 is 0. The summed E-state index contributed by atoms with van der Waals surface area (Å²) in [6, 6.07) is 4.89. The Balaban J connectivity index is 0. The summed E-state index contributed by atoms with van der Waals surface area (Å²) in [4.78, 5) is 0. The molecule has 1 rings (SSSR count). The fraction of sp³-hybridized carbons (Fsp3) is 0.881. The van der Waals surface area contributed by atoms with E-state index in [2.05, 4.69) is 48.7 Å². The Morgan fingerprint density at radius 2 is 0.739 bits per heavy atom. The van der Waals surface area contributed by atoms with Crippen molar-refractivity contribution in [2.45, 2.75) is 232 Å². The van der Waals surface area contributed by atoms with Crippen LogP contribution in [0.15, 0.2) is 24.5 Å². The average molecular weight is 686 g/mol. The van der Waals surface area contributed by atoms with Gasteiger partial charge < -0.3 is 30.5 Å². The predicted molar refractivity (Wildman–Crippen MR) is 196 cm³/mol. The number of pyridine rings is 1. The highest BCUT2D eigenvalue weighted by atomic mass is 35.5. The number of halogens is 2. The van der Waals surface area contributed by atoms with E-state index in [1.54, 1.807) is 5.56 Å². The molecule has 0 aromatic carbocycles. The molecule has 46 heavy (non-hydrogen) atoms. The van der Waals surface area contributed by atoms with Crippen molar-refractivity contribution in [1.82, 2.24) is 0 Å². The molecule has 0 fully saturated rings. The van der Waals surface area contributed by atoms with Gasteiger partial charge in [0.15, 0.2) is 12.4 Å². The van der Waals surface area contributed by atoms with Crippen LogP contribution in [0.1, 0.15) is 231 Å². The van der Waals surface area contributed by atoms with Gasteiger partial charge in [0.2, 0.25) is 0 Å². The Bertz CT molecular complexity index is 649. The van der Waals surface area contributed by atoms with Crippen molar-refractivity contribution in [2.75, 3.05) is 6.54 Å². The molecule has 0 aliphatic heterocycles. The lowest BCUT2D eigenvalue weighted by Gasteiger charge is -2.17. The second-order valence-electron chi connectivity index (χ2n) is 14.4. The van der Waals surface area contributed by atoms with Crippen LogP contribution < -0.4 is 35.1 Å². The molecule has 0 saturated carbocycles. The standard InChI is InChI=1S/C42H81N2.2ClH/c1-3-5-7-9-11-13-15-17-19-21-23-25-27-29-33-41(42-35-39-44(40-36-42)38-32-31-37-43)34-30-28-26-24-22-20-18-16-14-12-10-8-6-4-2;;/h35-36,39-41H,3-34,37-38,43H2,1-2H3;2*1H/q+1;;/p-1. The molecule has 274 valence electrons. The van der Waals surface area contributed by atoms with Crippen LogP contribution in [0.2, 0.25) is 0 Å². The minimum absolute atomic E-state index is 0. The molecule has 0 bridgehead atoms. The number of unbranched alkanes of at least 4 members (excludes halogenated alkanes) is 27. The molecular weight excluding hydrogens is 603 g/mol. The molecule has 1 aromatic heterocycles. The minimum Gasteiger partial charge on any atom is -1.00 e. The summed E-state index contributed by atoms with van der Waals surface area (Å²) in [7, 11) is 0. The van der Waals surface area contributed by atoms with Crippen LogP contribution in [-0.2, 0) is 6.54 Å². The Hall–Kier alpha value is -0.310. The van der Waals surface area contributed by atoms with E-state index in [-0.39, 0.29) is 24.8 Å². The molecule has 1 heterocycles. The number of hydrogen-bond acceptors (Lipinski definition) is 0. The van der Waals surface area contributed by atoms with Gasteiger partial charge in [0.05, 0.1) is 6.54 Å². The molecule has 0 spiro atoms. The maximum absolute atomic E-state index is 4.00. The highest BCUT2D eigenvalue weighted by Crippen LogP contribution is 2.28. The minimum atomic E-state index is 0. The molecule has 0 radical (unpaired) electrons. The molecule has 0 aliphatic carbocycles. The van der Waals surface area contributed by atoms with Gasteiger partial charge in [-0.3, -0.25) is 0 Å². The number of rotatable bonds is 35. The Morgan fingerprint density at radius 3 is 1.04 bits per heavy atom. The first-order chi connectivity index (χ1) is 21.8. The van der Waals surface area contributed by atoms with Gasteiger partial charge in [0, 0.05) is 25.0 Å². The summed E-state index contributed by atoms with van der Waals surface area (Å²) in [6.45, 7) is 6.81. The van der Waals surface area contributed by atoms with E-state index in [1.165, 1.54) is 205 Å². The maximum Gasteiger partial charge on any atom is 0.169 e. The number of quaternary nitrogens is 1. The topological polar surface area (TPSA) is 31.5 Å².